The first-order valence-corrected chi connectivity index (χ1v) is 17.3. The van der Waals surface area contributed by atoms with E-state index < -0.39 is 0 Å². The Morgan fingerprint density at radius 3 is 1.73 bits per heavy atom. The Morgan fingerprint density at radius 2 is 0.961 bits per heavy atom. The summed E-state index contributed by atoms with van der Waals surface area (Å²) >= 11 is 0. The van der Waals surface area contributed by atoms with Crippen LogP contribution >= 0.6 is 0 Å². The van der Waals surface area contributed by atoms with Crippen LogP contribution in [0.3, 0.4) is 0 Å². The van der Waals surface area contributed by atoms with E-state index in [0.29, 0.717) is 0 Å². The molecule has 0 bridgehead atoms. The van der Waals surface area contributed by atoms with Crippen molar-refractivity contribution in [1.29, 1.82) is 0 Å². The smallest absolute Gasteiger partial charge is 0.146 e. The Labute approximate surface area is 290 Å². The highest BCUT2D eigenvalue weighted by Crippen LogP contribution is 2.41. The first kappa shape index (κ1) is 26.9. The molecule has 12 aromatic rings. The number of pyridine rings is 2. The predicted molar refractivity (Wildman–Crippen MR) is 212 cm³/mol. The van der Waals surface area contributed by atoms with E-state index in [1.54, 1.807) is 0 Å². The summed E-state index contributed by atoms with van der Waals surface area (Å²) in [5.74, 6) is 0. The van der Waals surface area contributed by atoms with E-state index in [2.05, 4.69) is 177 Å². The van der Waals surface area contributed by atoms with E-state index in [1.807, 2.05) is 0 Å². The van der Waals surface area contributed by atoms with Gasteiger partial charge >= 0.3 is 0 Å². The number of hydrogen-bond donors (Lipinski definition) is 0. The van der Waals surface area contributed by atoms with Gasteiger partial charge in [-0.15, -0.1) is 0 Å². The summed E-state index contributed by atoms with van der Waals surface area (Å²) in [4.78, 5) is 10.6. The average Bonchev–Trinajstić information content (AvgIpc) is 3.86. The lowest BCUT2D eigenvalue weighted by molar-refractivity contribution is 1.18. The van der Waals surface area contributed by atoms with Crippen LogP contribution < -0.4 is 0 Å². The van der Waals surface area contributed by atoms with Gasteiger partial charge in [0.2, 0.25) is 0 Å². The monoisotopic (exact) mass is 649 g/mol. The molecule has 5 heteroatoms. The molecule has 0 amide bonds. The molecule has 0 atom stereocenters. The molecule has 7 aromatic carbocycles. The van der Waals surface area contributed by atoms with Gasteiger partial charge in [0, 0.05) is 55.3 Å². The quantitative estimate of drug-likeness (QED) is 0.175. The Morgan fingerprint density at radius 1 is 0.373 bits per heavy atom. The maximum Gasteiger partial charge on any atom is 0.146 e. The van der Waals surface area contributed by atoms with Crippen LogP contribution in [-0.4, -0.2) is 23.5 Å². The molecule has 236 valence electrons. The van der Waals surface area contributed by atoms with Crippen LogP contribution in [0.2, 0.25) is 0 Å². The van der Waals surface area contributed by atoms with E-state index in [0.717, 1.165) is 71.8 Å². The zero-order valence-electron chi connectivity index (χ0n) is 27.3. The zero-order chi connectivity index (χ0) is 33.2. The van der Waals surface area contributed by atoms with E-state index in [9.17, 15) is 0 Å². The van der Waals surface area contributed by atoms with E-state index in [1.165, 1.54) is 32.4 Å². The number of hydrogen-bond acceptors (Lipinski definition) is 2. The Bertz CT molecular complexity index is 3420. The number of benzene rings is 7. The number of aromatic nitrogens is 5. The molecule has 0 aliphatic rings. The lowest BCUT2D eigenvalue weighted by Crippen LogP contribution is -1.97. The third-order valence-corrected chi connectivity index (χ3v) is 10.8. The molecule has 5 nitrogen and oxygen atoms in total. The first-order chi connectivity index (χ1) is 25.3. The third-order valence-electron chi connectivity index (χ3n) is 10.8. The molecule has 0 saturated carbocycles. The maximum atomic E-state index is 5.33. The molecule has 0 radical (unpaired) electrons. The van der Waals surface area contributed by atoms with Gasteiger partial charge in [-0.05, 0) is 60.0 Å². The van der Waals surface area contributed by atoms with Gasteiger partial charge in [0.05, 0.1) is 44.1 Å². The van der Waals surface area contributed by atoms with Gasteiger partial charge in [0.25, 0.3) is 0 Å². The standard InChI is InChI=1S/C46H27N5/c1-2-12-28(13-3-1)49-39-19-9-7-16-32(39)34-23-24-36-43(45(34)49)47-27-37-33-17-8-10-20-40(33)50(44(36)37)29-22-25-42-38(26-29)48-46-35-18-5-4-14-30(35)31-15-6-11-21-41(31)51(42)46/h1-27H. The van der Waals surface area contributed by atoms with Crippen LogP contribution in [0, 0.1) is 0 Å². The van der Waals surface area contributed by atoms with Crippen molar-refractivity contribution in [2.75, 3.05) is 0 Å². The lowest BCUT2D eigenvalue weighted by atomic mass is 10.1. The number of imidazole rings is 1. The van der Waals surface area contributed by atoms with E-state index in [-0.39, 0.29) is 0 Å². The SMILES string of the molecule is c1ccc(-n2c3ccccc3c3ccc4c(ncc5c6ccccc6n(-c6ccc7c(c6)nc6c8ccccc8c8ccccc8n76)c54)c32)cc1. The Balaban J connectivity index is 1.21. The molecule has 5 heterocycles. The maximum absolute atomic E-state index is 5.33. The van der Waals surface area contributed by atoms with Crippen LogP contribution in [0.5, 0.6) is 0 Å². The van der Waals surface area contributed by atoms with Gasteiger partial charge in [-0.25, -0.2) is 4.98 Å². The minimum Gasteiger partial charge on any atom is -0.308 e. The largest absolute Gasteiger partial charge is 0.308 e. The Hall–Kier alpha value is -6.98. The van der Waals surface area contributed by atoms with Crippen LogP contribution in [-0.2, 0) is 0 Å². The highest BCUT2D eigenvalue weighted by atomic mass is 15.0. The van der Waals surface area contributed by atoms with Crippen molar-refractivity contribution in [1.82, 2.24) is 23.5 Å². The summed E-state index contributed by atoms with van der Waals surface area (Å²) in [6, 6.07) is 56.5. The predicted octanol–water partition coefficient (Wildman–Crippen LogP) is 11.5. The van der Waals surface area contributed by atoms with Gasteiger partial charge in [-0.1, -0.05) is 103 Å². The van der Waals surface area contributed by atoms with Crippen molar-refractivity contribution < 1.29 is 0 Å². The minimum atomic E-state index is 0.963. The molecule has 12 rings (SSSR count). The zero-order valence-corrected chi connectivity index (χ0v) is 27.3. The van der Waals surface area contributed by atoms with E-state index in [4.69, 9.17) is 9.97 Å². The normalized spacial score (nSPS) is 12.3. The molecule has 51 heavy (non-hydrogen) atoms. The van der Waals surface area contributed by atoms with Gasteiger partial charge in [-0.3, -0.25) is 9.38 Å². The second-order valence-electron chi connectivity index (χ2n) is 13.4. The molecule has 0 unspecified atom stereocenters. The van der Waals surface area contributed by atoms with Gasteiger partial charge < -0.3 is 9.13 Å². The van der Waals surface area contributed by atoms with Gasteiger partial charge in [0.1, 0.15) is 5.65 Å². The highest BCUT2D eigenvalue weighted by molar-refractivity contribution is 6.24. The van der Waals surface area contributed by atoms with Crippen molar-refractivity contribution in [3.63, 3.8) is 0 Å². The van der Waals surface area contributed by atoms with Crippen molar-refractivity contribution >= 4 is 92.9 Å². The Kier molecular flexibility index (Phi) is 5.17. The van der Waals surface area contributed by atoms with Crippen molar-refractivity contribution in [3.05, 3.63) is 164 Å². The highest BCUT2D eigenvalue weighted by Gasteiger charge is 2.21. The molecular weight excluding hydrogens is 623 g/mol. The fraction of sp³-hybridized carbons (Fsp3) is 0. The molecular formula is C46H27N5. The first-order valence-electron chi connectivity index (χ1n) is 17.3. The van der Waals surface area contributed by atoms with Crippen molar-refractivity contribution in [3.8, 4) is 11.4 Å². The third kappa shape index (κ3) is 3.49. The summed E-state index contributed by atoms with van der Waals surface area (Å²) in [6.45, 7) is 0. The van der Waals surface area contributed by atoms with Crippen LogP contribution in [0.4, 0.5) is 0 Å². The van der Waals surface area contributed by atoms with Crippen LogP contribution in [0.25, 0.3) is 104 Å². The van der Waals surface area contributed by atoms with Crippen LogP contribution in [0.1, 0.15) is 0 Å². The molecule has 0 aliphatic heterocycles. The fourth-order valence-corrected chi connectivity index (χ4v) is 8.71. The number of rotatable bonds is 2. The second-order valence-corrected chi connectivity index (χ2v) is 13.4. The second kappa shape index (κ2) is 9.80. The summed E-state index contributed by atoms with van der Waals surface area (Å²) in [5.41, 5.74) is 11.9. The molecule has 0 aliphatic carbocycles. The summed E-state index contributed by atoms with van der Waals surface area (Å²) in [6.07, 6.45) is 2.07. The van der Waals surface area contributed by atoms with Crippen molar-refractivity contribution in [2.45, 2.75) is 0 Å². The number of nitrogens with zero attached hydrogens (tertiary/aromatic N) is 5. The molecule has 0 fully saturated rings. The topological polar surface area (TPSA) is 40.0 Å². The van der Waals surface area contributed by atoms with Gasteiger partial charge in [0.15, 0.2) is 0 Å². The van der Waals surface area contributed by atoms with E-state index >= 15 is 0 Å². The van der Waals surface area contributed by atoms with Crippen LogP contribution in [0.15, 0.2) is 164 Å². The minimum absolute atomic E-state index is 0.963. The molecule has 5 aromatic heterocycles. The lowest BCUT2D eigenvalue weighted by Gasteiger charge is -2.12. The summed E-state index contributed by atoms with van der Waals surface area (Å²) in [7, 11) is 0. The summed E-state index contributed by atoms with van der Waals surface area (Å²) < 4.78 is 7.10. The molecule has 0 saturated heterocycles. The average molecular weight is 650 g/mol. The summed E-state index contributed by atoms with van der Waals surface area (Å²) in [5, 5.41) is 9.44. The molecule has 0 spiro atoms. The number of fused-ring (bicyclic) bond motifs is 17. The van der Waals surface area contributed by atoms with Crippen molar-refractivity contribution in [2.24, 2.45) is 0 Å². The fourth-order valence-electron chi connectivity index (χ4n) is 8.71. The van der Waals surface area contributed by atoms with Gasteiger partial charge in [-0.2, -0.15) is 0 Å². The molecule has 0 N–H and O–H groups in total. The number of para-hydroxylation sites is 4.